The normalized spacial score (nSPS) is 11.1. The van der Waals surface area contributed by atoms with Crippen molar-refractivity contribution in [3.05, 3.63) is 23.8 Å². The van der Waals surface area contributed by atoms with Crippen molar-refractivity contribution < 1.29 is 15.3 Å². The molecule has 0 atom stereocenters. The van der Waals surface area contributed by atoms with Gasteiger partial charge in [-0.25, -0.2) is 4.98 Å². The number of aromatic amines is 1. The number of hydrogen-bond donors (Lipinski definition) is 4. The highest BCUT2D eigenvalue weighted by Crippen LogP contribution is 2.28. The molecule has 0 bridgehead atoms. The minimum Gasteiger partial charge on any atom is -0.507 e. The maximum absolute atomic E-state index is 9.80. The minimum absolute atomic E-state index is 0.0944. The van der Waals surface area contributed by atoms with Crippen LogP contribution in [0.2, 0.25) is 0 Å². The number of hydrogen-bond acceptors (Lipinski definition) is 6. The van der Waals surface area contributed by atoms with Crippen LogP contribution >= 0.6 is 11.8 Å². The summed E-state index contributed by atoms with van der Waals surface area (Å²) in [6.07, 6.45) is -1.40. The lowest BCUT2D eigenvalue weighted by molar-refractivity contribution is -0.0186. The Kier molecular flexibility index (Phi) is 3.85. The van der Waals surface area contributed by atoms with Gasteiger partial charge >= 0.3 is 0 Å². The zero-order valence-electron chi connectivity index (χ0n) is 9.66. The van der Waals surface area contributed by atoms with Crippen molar-refractivity contribution in [2.45, 2.75) is 18.4 Å². The van der Waals surface area contributed by atoms with E-state index >= 15 is 0 Å². The Morgan fingerprint density at radius 2 is 2.17 bits per heavy atom. The summed E-state index contributed by atoms with van der Waals surface area (Å²) in [5.41, 5.74) is 1.51. The third-order valence-corrected chi connectivity index (χ3v) is 3.14. The number of nitrogens with zero attached hydrogens (tertiary/aromatic N) is 2. The summed E-state index contributed by atoms with van der Waals surface area (Å²) in [4.78, 5) is 4.16. The highest BCUT2D eigenvalue weighted by Gasteiger charge is 2.11. The lowest BCUT2D eigenvalue weighted by Gasteiger charge is -2.01. The van der Waals surface area contributed by atoms with E-state index in [1.54, 1.807) is 12.1 Å². The predicted octanol–water partition coefficient (Wildman–Crippen LogP) is 0.889. The van der Waals surface area contributed by atoms with Gasteiger partial charge in [0.2, 0.25) is 5.16 Å². The average molecular weight is 267 g/mol. The van der Waals surface area contributed by atoms with Crippen molar-refractivity contribution in [3.63, 3.8) is 0 Å². The maximum Gasteiger partial charge on any atom is 0.208 e. The van der Waals surface area contributed by atoms with Gasteiger partial charge in [-0.2, -0.15) is 0 Å². The molecule has 18 heavy (non-hydrogen) atoms. The molecule has 0 radical (unpaired) electrons. The van der Waals surface area contributed by atoms with Gasteiger partial charge in [-0.3, -0.25) is 5.10 Å². The lowest BCUT2D eigenvalue weighted by atomic mass is 10.1. The molecule has 0 fully saturated rings. The Balaban J connectivity index is 2.18. The monoisotopic (exact) mass is 267 g/mol. The van der Waals surface area contributed by atoms with Gasteiger partial charge in [0, 0.05) is 0 Å². The molecule has 2 aromatic rings. The van der Waals surface area contributed by atoms with E-state index in [-0.39, 0.29) is 11.5 Å². The summed E-state index contributed by atoms with van der Waals surface area (Å²) >= 11 is 1.12. The Morgan fingerprint density at radius 3 is 2.83 bits per heavy atom. The molecule has 7 heteroatoms. The standard InChI is InChI=1S/C11H13N3O3S/c1-6-2-3-7(8(15)4-6)10-12-11(14-13-10)18-5-9(16)17/h2-4,9,15-17H,5H2,1H3,(H,12,13,14). The number of nitrogens with one attached hydrogen (secondary N) is 1. The quantitative estimate of drug-likeness (QED) is 0.484. The summed E-state index contributed by atoms with van der Waals surface area (Å²) in [6.45, 7) is 1.88. The molecule has 0 aliphatic heterocycles. The van der Waals surface area contributed by atoms with E-state index in [0.29, 0.717) is 16.5 Å². The molecule has 1 aromatic heterocycles. The number of phenolic OH excluding ortho intramolecular Hbond substituents is 1. The van der Waals surface area contributed by atoms with E-state index in [2.05, 4.69) is 15.2 Å². The van der Waals surface area contributed by atoms with Crippen LogP contribution in [0, 0.1) is 6.92 Å². The first-order valence-corrected chi connectivity index (χ1v) is 6.26. The fraction of sp³-hybridized carbons (Fsp3) is 0.273. The van der Waals surface area contributed by atoms with Crippen molar-refractivity contribution >= 4 is 11.8 Å². The van der Waals surface area contributed by atoms with Crippen LogP contribution in [-0.2, 0) is 0 Å². The van der Waals surface area contributed by atoms with E-state index in [1.807, 2.05) is 13.0 Å². The van der Waals surface area contributed by atoms with Crippen LogP contribution in [0.5, 0.6) is 5.75 Å². The van der Waals surface area contributed by atoms with Crippen LogP contribution in [0.3, 0.4) is 0 Å². The number of benzene rings is 1. The number of aryl methyl sites for hydroxylation is 1. The highest BCUT2D eigenvalue weighted by atomic mass is 32.2. The Bertz CT molecular complexity index is 542. The van der Waals surface area contributed by atoms with E-state index < -0.39 is 6.29 Å². The fourth-order valence-corrected chi connectivity index (χ4v) is 1.99. The van der Waals surface area contributed by atoms with Crippen molar-refractivity contribution in [2.75, 3.05) is 5.75 Å². The minimum atomic E-state index is -1.40. The SMILES string of the molecule is Cc1ccc(-c2nc(SCC(O)O)n[nH]2)c(O)c1. The molecule has 0 aliphatic carbocycles. The number of aliphatic hydroxyl groups excluding tert-OH is 1. The molecule has 0 aliphatic rings. The third kappa shape index (κ3) is 3.00. The van der Waals surface area contributed by atoms with Crippen LogP contribution in [0.4, 0.5) is 0 Å². The van der Waals surface area contributed by atoms with Crippen LogP contribution in [0.1, 0.15) is 5.56 Å². The van der Waals surface area contributed by atoms with E-state index in [4.69, 9.17) is 10.2 Å². The fourth-order valence-electron chi connectivity index (χ4n) is 1.42. The Labute approximate surface area is 108 Å². The Hall–Kier alpha value is -1.57. The smallest absolute Gasteiger partial charge is 0.208 e. The van der Waals surface area contributed by atoms with Crippen molar-refractivity contribution in [1.29, 1.82) is 0 Å². The first-order valence-electron chi connectivity index (χ1n) is 5.27. The van der Waals surface area contributed by atoms with Gasteiger partial charge in [0.1, 0.15) is 5.75 Å². The number of phenols is 1. The van der Waals surface area contributed by atoms with E-state index in [0.717, 1.165) is 17.3 Å². The number of H-pyrrole nitrogens is 1. The molecule has 0 saturated heterocycles. The number of thioether (sulfide) groups is 1. The van der Waals surface area contributed by atoms with E-state index in [9.17, 15) is 5.11 Å². The zero-order valence-corrected chi connectivity index (χ0v) is 10.5. The largest absolute Gasteiger partial charge is 0.507 e. The van der Waals surface area contributed by atoms with Crippen molar-refractivity contribution in [3.8, 4) is 17.1 Å². The molecule has 0 spiro atoms. The molecule has 0 unspecified atom stereocenters. The highest BCUT2D eigenvalue weighted by molar-refractivity contribution is 7.99. The third-order valence-electron chi connectivity index (χ3n) is 2.23. The van der Waals surface area contributed by atoms with Crippen LogP contribution in [-0.4, -0.2) is 42.5 Å². The van der Waals surface area contributed by atoms with Gasteiger partial charge in [0.25, 0.3) is 0 Å². The van der Waals surface area contributed by atoms with Crippen LogP contribution in [0.25, 0.3) is 11.4 Å². The molecule has 0 amide bonds. The number of aromatic nitrogens is 3. The van der Waals surface area contributed by atoms with Crippen LogP contribution < -0.4 is 0 Å². The number of aromatic hydroxyl groups is 1. The predicted molar refractivity (Wildman–Crippen MR) is 67.2 cm³/mol. The van der Waals surface area contributed by atoms with Crippen molar-refractivity contribution in [2.24, 2.45) is 0 Å². The molecule has 2 rings (SSSR count). The first kappa shape index (κ1) is 12.9. The summed E-state index contributed by atoms with van der Waals surface area (Å²) < 4.78 is 0. The number of rotatable bonds is 4. The number of aliphatic hydroxyl groups is 2. The van der Waals surface area contributed by atoms with E-state index in [1.165, 1.54) is 0 Å². The summed E-state index contributed by atoms with van der Waals surface area (Å²) in [5, 5.41) is 34.3. The van der Waals surface area contributed by atoms with Gasteiger partial charge in [-0.1, -0.05) is 17.8 Å². The molecule has 6 nitrogen and oxygen atoms in total. The van der Waals surface area contributed by atoms with Gasteiger partial charge in [-0.05, 0) is 24.6 Å². The average Bonchev–Trinajstić information content (AvgIpc) is 2.75. The summed E-state index contributed by atoms with van der Waals surface area (Å²) in [5.74, 6) is 0.671. The first-order chi connectivity index (χ1) is 8.56. The maximum atomic E-state index is 9.80. The van der Waals surface area contributed by atoms with Gasteiger partial charge < -0.3 is 15.3 Å². The molecular weight excluding hydrogens is 254 g/mol. The zero-order chi connectivity index (χ0) is 13.1. The molecule has 4 N–H and O–H groups in total. The Morgan fingerprint density at radius 1 is 1.39 bits per heavy atom. The van der Waals surface area contributed by atoms with Gasteiger partial charge in [0.15, 0.2) is 12.1 Å². The second-order valence-electron chi connectivity index (χ2n) is 3.78. The molecular formula is C11H13N3O3S. The summed E-state index contributed by atoms with van der Waals surface area (Å²) in [7, 11) is 0. The van der Waals surface area contributed by atoms with Crippen molar-refractivity contribution in [1.82, 2.24) is 15.2 Å². The topological polar surface area (TPSA) is 102 Å². The lowest BCUT2D eigenvalue weighted by Crippen LogP contribution is -2.07. The second-order valence-corrected chi connectivity index (χ2v) is 4.77. The molecule has 0 saturated carbocycles. The van der Waals surface area contributed by atoms with Crippen LogP contribution in [0.15, 0.2) is 23.4 Å². The summed E-state index contributed by atoms with van der Waals surface area (Å²) in [6, 6.07) is 5.25. The second kappa shape index (κ2) is 5.38. The van der Waals surface area contributed by atoms with Gasteiger partial charge in [-0.15, -0.1) is 5.10 Å². The van der Waals surface area contributed by atoms with Gasteiger partial charge in [0.05, 0.1) is 11.3 Å². The molecule has 1 aromatic carbocycles. The molecule has 1 heterocycles. The molecule has 96 valence electrons.